The second kappa shape index (κ2) is 5.54. The van der Waals surface area contributed by atoms with Crippen molar-refractivity contribution >= 4 is 40.8 Å². The number of carboxylic acid groups (broad SMARTS) is 1. The Bertz CT molecular complexity index is 291. The fourth-order valence-corrected chi connectivity index (χ4v) is 3.30. The summed E-state index contributed by atoms with van der Waals surface area (Å²) in [7, 11) is 0. The van der Waals surface area contributed by atoms with Crippen molar-refractivity contribution in [2.75, 3.05) is 0 Å². The van der Waals surface area contributed by atoms with Crippen LogP contribution in [0.4, 0.5) is 0 Å². The lowest BCUT2D eigenvalue weighted by Gasteiger charge is -2.26. The van der Waals surface area contributed by atoms with Gasteiger partial charge in [0.1, 0.15) is 0 Å². The van der Waals surface area contributed by atoms with Gasteiger partial charge in [0, 0.05) is 10.8 Å². The van der Waals surface area contributed by atoms with Gasteiger partial charge in [0.2, 0.25) is 0 Å². The van der Waals surface area contributed by atoms with Crippen LogP contribution in [-0.4, -0.2) is 27.2 Å². The third kappa shape index (κ3) is 3.65. The highest BCUT2D eigenvalue weighted by Crippen LogP contribution is 2.56. The maximum Gasteiger partial charge on any atom is 0.308 e. The van der Waals surface area contributed by atoms with E-state index in [0.29, 0.717) is 0 Å². The Morgan fingerprint density at radius 3 is 2.29 bits per heavy atom. The molecule has 0 heterocycles. The van der Waals surface area contributed by atoms with Crippen LogP contribution in [0, 0.1) is 17.3 Å². The van der Waals surface area contributed by atoms with Crippen LogP contribution in [-0.2, 0) is 4.79 Å². The van der Waals surface area contributed by atoms with Crippen LogP contribution < -0.4 is 0 Å². The predicted molar refractivity (Wildman–Crippen MR) is 72.2 cm³/mol. The monoisotopic (exact) mass is 300 g/mol. The molecule has 0 aromatic heterocycles. The summed E-state index contributed by atoms with van der Waals surface area (Å²) >= 11 is 18.0. The molecule has 1 fully saturated rings. The Labute approximate surface area is 118 Å². The van der Waals surface area contributed by atoms with Crippen molar-refractivity contribution in [1.82, 2.24) is 0 Å². The lowest BCUT2D eigenvalue weighted by molar-refractivity contribution is -0.139. The molecule has 0 aromatic carbocycles. The quantitative estimate of drug-likeness (QED) is 0.754. The van der Waals surface area contributed by atoms with Gasteiger partial charge in [0.15, 0.2) is 0 Å². The van der Waals surface area contributed by atoms with Crippen molar-refractivity contribution in [3.8, 4) is 0 Å². The second-order valence-electron chi connectivity index (χ2n) is 5.56. The first-order chi connectivity index (χ1) is 7.68. The van der Waals surface area contributed by atoms with Crippen molar-refractivity contribution in [3.63, 3.8) is 0 Å². The molecule has 17 heavy (non-hydrogen) atoms. The minimum Gasteiger partial charge on any atom is -0.481 e. The molecule has 5 atom stereocenters. The number of carbonyl (C=O) groups is 1. The number of hydrogen-bond donors (Lipinski definition) is 1. The number of halogens is 3. The van der Waals surface area contributed by atoms with Crippen LogP contribution in [0.2, 0.25) is 0 Å². The van der Waals surface area contributed by atoms with Gasteiger partial charge in [0.25, 0.3) is 0 Å². The largest absolute Gasteiger partial charge is 0.481 e. The molecule has 2 nitrogen and oxygen atoms in total. The Hall–Kier alpha value is 0.340. The van der Waals surface area contributed by atoms with Crippen LogP contribution in [0.1, 0.15) is 33.6 Å². The van der Waals surface area contributed by atoms with Crippen LogP contribution >= 0.6 is 34.8 Å². The predicted octanol–water partition coefficient (Wildman–Crippen LogP) is 3.97. The highest BCUT2D eigenvalue weighted by atomic mass is 35.5. The standard InChI is InChI=1S/C12H19Cl3O2/c1-6(13)7(14)4-5-12(2,3)9-8(10(9)15)11(16)17/h6-10H,4-5H2,1-3H3,(H,16,17). The number of rotatable bonds is 6. The number of hydrogen-bond acceptors (Lipinski definition) is 1. The van der Waals surface area contributed by atoms with Crippen molar-refractivity contribution in [3.05, 3.63) is 0 Å². The summed E-state index contributed by atoms with van der Waals surface area (Å²) in [5, 5.41) is 8.59. The van der Waals surface area contributed by atoms with Gasteiger partial charge < -0.3 is 5.11 Å². The fraction of sp³-hybridized carbons (Fsp3) is 0.917. The first-order valence-corrected chi connectivity index (χ1v) is 7.14. The lowest BCUT2D eigenvalue weighted by Crippen LogP contribution is -2.21. The Kier molecular flexibility index (Phi) is 5.02. The summed E-state index contributed by atoms with van der Waals surface area (Å²) < 4.78 is 0. The minimum atomic E-state index is -0.795. The van der Waals surface area contributed by atoms with Crippen LogP contribution in [0.25, 0.3) is 0 Å². The van der Waals surface area contributed by atoms with E-state index in [0.717, 1.165) is 12.8 Å². The van der Waals surface area contributed by atoms with Gasteiger partial charge in [-0.05, 0) is 31.1 Å². The molecule has 0 aliphatic heterocycles. The molecule has 0 aromatic rings. The smallest absolute Gasteiger partial charge is 0.308 e. The fourth-order valence-electron chi connectivity index (χ4n) is 2.39. The molecule has 0 spiro atoms. The van der Waals surface area contributed by atoms with E-state index in [1.807, 2.05) is 6.92 Å². The van der Waals surface area contributed by atoms with Crippen LogP contribution in [0.3, 0.4) is 0 Å². The van der Waals surface area contributed by atoms with E-state index in [1.54, 1.807) is 0 Å². The van der Waals surface area contributed by atoms with Crippen molar-refractivity contribution in [2.45, 2.75) is 49.7 Å². The zero-order valence-electron chi connectivity index (χ0n) is 10.3. The van der Waals surface area contributed by atoms with Crippen molar-refractivity contribution in [2.24, 2.45) is 17.3 Å². The third-order valence-corrected chi connectivity index (χ3v) is 5.25. The Morgan fingerprint density at radius 1 is 1.41 bits per heavy atom. The first-order valence-electron chi connectivity index (χ1n) is 5.83. The topological polar surface area (TPSA) is 37.3 Å². The maximum atomic E-state index is 10.9. The highest BCUT2D eigenvalue weighted by Gasteiger charge is 2.60. The second-order valence-corrected chi connectivity index (χ2v) is 7.31. The number of alkyl halides is 3. The molecule has 1 aliphatic rings. The zero-order valence-corrected chi connectivity index (χ0v) is 12.6. The third-order valence-electron chi connectivity index (χ3n) is 3.68. The van der Waals surface area contributed by atoms with E-state index >= 15 is 0 Å². The van der Waals surface area contributed by atoms with Gasteiger partial charge in [-0.2, -0.15) is 0 Å². The van der Waals surface area contributed by atoms with Gasteiger partial charge in [0.05, 0.1) is 11.3 Å². The van der Waals surface area contributed by atoms with E-state index < -0.39 is 11.9 Å². The minimum absolute atomic E-state index is 0.0381. The summed E-state index contributed by atoms with van der Waals surface area (Å²) in [6.45, 7) is 5.98. The summed E-state index contributed by atoms with van der Waals surface area (Å²) in [5.41, 5.74) is -0.103. The van der Waals surface area contributed by atoms with E-state index in [4.69, 9.17) is 39.9 Å². The summed E-state index contributed by atoms with van der Waals surface area (Å²) in [4.78, 5) is 10.9. The SMILES string of the molecule is CC(Cl)C(Cl)CCC(C)(C)C1C(Cl)C1C(=O)O. The molecule has 0 saturated heterocycles. The summed E-state index contributed by atoms with van der Waals surface area (Å²) in [5.74, 6) is -1.17. The molecular formula is C12H19Cl3O2. The Balaban J connectivity index is 2.50. The molecule has 100 valence electrons. The van der Waals surface area contributed by atoms with E-state index in [9.17, 15) is 4.79 Å². The lowest BCUT2D eigenvalue weighted by atomic mass is 9.81. The average molecular weight is 302 g/mol. The molecule has 1 N–H and O–H groups in total. The van der Waals surface area contributed by atoms with Gasteiger partial charge in [-0.1, -0.05) is 13.8 Å². The molecule has 5 unspecified atom stereocenters. The maximum absolute atomic E-state index is 10.9. The summed E-state index contributed by atoms with van der Waals surface area (Å²) in [6, 6.07) is 0. The normalized spacial score (nSPS) is 32.0. The van der Waals surface area contributed by atoms with E-state index in [2.05, 4.69) is 13.8 Å². The number of carboxylic acids is 1. The van der Waals surface area contributed by atoms with Gasteiger partial charge >= 0.3 is 5.97 Å². The molecule has 0 amide bonds. The van der Waals surface area contributed by atoms with E-state index in [-0.39, 0.29) is 27.5 Å². The van der Waals surface area contributed by atoms with Crippen LogP contribution in [0.5, 0.6) is 0 Å². The first kappa shape index (κ1) is 15.4. The molecule has 5 heteroatoms. The molecule has 1 saturated carbocycles. The number of aliphatic carboxylic acids is 1. The molecule has 0 radical (unpaired) electrons. The molecule has 1 rings (SSSR count). The van der Waals surface area contributed by atoms with Crippen LogP contribution in [0.15, 0.2) is 0 Å². The molecular weight excluding hydrogens is 282 g/mol. The van der Waals surface area contributed by atoms with Gasteiger partial charge in [-0.25, -0.2) is 0 Å². The highest BCUT2D eigenvalue weighted by molar-refractivity contribution is 6.29. The van der Waals surface area contributed by atoms with Crippen molar-refractivity contribution in [1.29, 1.82) is 0 Å². The van der Waals surface area contributed by atoms with Gasteiger partial charge in [-0.3, -0.25) is 4.79 Å². The molecule has 1 aliphatic carbocycles. The van der Waals surface area contributed by atoms with E-state index in [1.165, 1.54) is 0 Å². The average Bonchev–Trinajstić information content (AvgIpc) is 2.87. The van der Waals surface area contributed by atoms with Crippen molar-refractivity contribution < 1.29 is 9.90 Å². The zero-order chi connectivity index (χ0) is 13.4. The molecule has 0 bridgehead atoms. The summed E-state index contributed by atoms with van der Waals surface area (Å²) in [6.07, 6.45) is 1.63. The Morgan fingerprint density at radius 2 is 1.94 bits per heavy atom. The van der Waals surface area contributed by atoms with Gasteiger partial charge in [-0.15, -0.1) is 34.8 Å².